The third-order valence-corrected chi connectivity index (χ3v) is 6.97. The molecule has 0 radical (unpaired) electrons. The fourth-order valence-corrected chi connectivity index (χ4v) is 4.48. The molecule has 0 bridgehead atoms. The summed E-state index contributed by atoms with van der Waals surface area (Å²) in [6.07, 6.45) is 5.11. The molecule has 6 heteroatoms. The van der Waals surface area contributed by atoms with Gasteiger partial charge in [-0.15, -0.1) is 34.1 Å². The zero-order valence-electron chi connectivity index (χ0n) is 28.7. The predicted octanol–water partition coefficient (Wildman–Crippen LogP) is 13.7. The molecule has 2 fully saturated rings. The standard InChI is InChI=1S/3C12H10N.2C4H8O.Y/c3*1-3-7-11(8-4-1)13-12-9-5-2-6-10-12;2*1-2-4-5-3-1;/h3*1-10H;2*1-4H2;/q3*-1;;;+3. The molecular formula is C44H46N3O2Y. The van der Waals surface area contributed by atoms with Gasteiger partial charge in [-0.05, 0) is 25.7 Å². The summed E-state index contributed by atoms with van der Waals surface area (Å²) in [5.74, 6) is 0. The summed E-state index contributed by atoms with van der Waals surface area (Å²) in [6.45, 7) is 4.00. The summed E-state index contributed by atoms with van der Waals surface area (Å²) in [7, 11) is 0. The van der Waals surface area contributed by atoms with Gasteiger partial charge < -0.3 is 25.4 Å². The van der Waals surface area contributed by atoms with Crippen LogP contribution >= 0.6 is 0 Å². The number of nitrogens with zero attached hydrogens (tertiary/aromatic N) is 3. The van der Waals surface area contributed by atoms with Crippen molar-refractivity contribution in [2.45, 2.75) is 25.7 Å². The zero-order chi connectivity index (χ0) is 33.9. The first-order valence-electron chi connectivity index (χ1n) is 17.0. The normalized spacial score (nSPS) is 12.2. The first-order valence-corrected chi connectivity index (χ1v) is 17.0. The van der Waals surface area contributed by atoms with E-state index < -0.39 is 0 Å². The van der Waals surface area contributed by atoms with Crippen LogP contribution in [0.25, 0.3) is 16.0 Å². The molecule has 0 amide bonds. The Hall–Kier alpha value is -4.26. The van der Waals surface area contributed by atoms with Gasteiger partial charge >= 0.3 is 32.7 Å². The molecule has 0 unspecified atom stereocenters. The van der Waals surface area contributed by atoms with Gasteiger partial charge in [0.25, 0.3) is 0 Å². The molecule has 2 aliphatic heterocycles. The zero-order valence-corrected chi connectivity index (χ0v) is 31.6. The average Bonchev–Trinajstić information content (AvgIpc) is 3.96. The van der Waals surface area contributed by atoms with Crippen molar-refractivity contribution in [3.63, 3.8) is 0 Å². The Labute approximate surface area is 324 Å². The number of benzene rings is 6. The molecule has 252 valence electrons. The maximum atomic E-state index is 4.94. The molecule has 0 atom stereocenters. The molecule has 6 aromatic rings. The molecule has 0 aliphatic carbocycles. The number of hydrogen-bond donors (Lipinski definition) is 0. The molecule has 6 aromatic carbocycles. The Morgan fingerprint density at radius 2 is 0.420 bits per heavy atom. The third-order valence-electron chi connectivity index (χ3n) is 6.97. The van der Waals surface area contributed by atoms with Crippen LogP contribution in [0.4, 0.5) is 34.1 Å². The first kappa shape index (κ1) is 40.2. The van der Waals surface area contributed by atoms with Gasteiger partial charge in [-0.2, -0.15) is 0 Å². The van der Waals surface area contributed by atoms with E-state index in [4.69, 9.17) is 9.47 Å². The quantitative estimate of drug-likeness (QED) is 0.171. The van der Waals surface area contributed by atoms with Crippen molar-refractivity contribution in [3.05, 3.63) is 198 Å². The Balaban J connectivity index is 0.000000176. The SMILES string of the molecule is C1CCOC1.C1CCOC1.[Y+3].c1ccc([N-]c2ccccc2)cc1.c1ccc([N-]c2ccccc2)cc1.c1ccc([N-]c2ccccc2)cc1. The van der Waals surface area contributed by atoms with Gasteiger partial charge in [0.2, 0.25) is 0 Å². The topological polar surface area (TPSA) is 60.8 Å². The molecule has 0 aromatic heterocycles. The van der Waals surface area contributed by atoms with Crippen molar-refractivity contribution < 1.29 is 42.2 Å². The first-order chi connectivity index (χ1) is 24.3. The number of rotatable bonds is 6. The van der Waals surface area contributed by atoms with Crippen LogP contribution in [-0.4, -0.2) is 26.4 Å². The maximum Gasteiger partial charge on any atom is 3.00 e. The van der Waals surface area contributed by atoms with Crippen LogP contribution in [-0.2, 0) is 42.2 Å². The van der Waals surface area contributed by atoms with E-state index in [-0.39, 0.29) is 32.7 Å². The van der Waals surface area contributed by atoms with E-state index in [0.29, 0.717) is 0 Å². The summed E-state index contributed by atoms with van der Waals surface area (Å²) in [6, 6.07) is 59.7. The van der Waals surface area contributed by atoms with Crippen molar-refractivity contribution >= 4 is 34.1 Å². The van der Waals surface area contributed by atoms with Crippen LogP contribution in [0.3, 0.4) is 0 Å². The van der Waals surface area contributed by atoms with Gasteiger partial charge in [-0.1, -0.05) is 182 Å². The van der Waals surface area contributed by atoms with Crippen LogP contribution in [0.2, 0.25) is 0 Å². The molecule has 8 rings (SSSR count). The van der Waals surface area contributed by atoms with Crippen LogP contribution in [0.5, 0.6) is 0 Å². The smallest absolute Gasteiger partial charge is 0.658 e. The molecule has 50 heavy (non-hydrogen) atoms. The second kappa shape index (κ2) is 26.6. The Kier molecular flexibility index (Phi) is 21.4. The van der Waals surface area contributed by atoms with Crippen molar-refractivity contribution in [3.8, 4) is 0 Å². The van der Waals surface area contributed by atoms with Crippen molar-refractivity contribution in [1.82, 2.24) is 0 Å². The summed E-state index contributed by atoms with van der Waals surface area (Å²) < 4.78 is 9.89. The fourth-order valence-electron chi connectivity index (χ4n) is 4.48. The van der Waals surface area contributed by atoms with Gasteiger partial charge in [0.05, 0.1) is 0 Å². The average molecular weight is 738 g/mol. The Bertz CT molecular complexity index is 1280. The number of ether oxygens (including phenoxy) is 2. The Morgan fingerprint density at radius 3 is 0.540 bits per heavy atom. The summed E-state index contributed by atoms with van der Waals surface area (Å²) in [4.78, 5) is 0. The maximum absolute atomic E-state index is 4.94. The van der Waals surface area contributed by atoms with Gasteiger partial charge in [0.1, 0.15) is 0 Å². The van der Waals surface area contributed by atoms with E-state index >= 15 is 0 Å². The van der Waals surface area contributed by atoms with E-state index in [1.165, 1.54) is 25.7 Å². The monoisotopic (exact) mass is 737 g/mol. The minimum Gasteiger partial charge on any atom is -0.658 e. The summed E-state index contributed by atoms with van der Waals surface area (Å²) in [5.41, 5.74) is 5.97. The van der Waals surface area contributed by atoms with Gasteiger partial charge in [-0.3, -0.25) is 0 Å². The fraction of sp³-hybridized carbons (Fsp3) is 0.182. The molecular weight excluding hydrogens is 691 g/mol. The van der Waals surface area contributed by atoms with E-state index in [1.54, 1.807) is 0 Å². The van der Waals surface area contributed by atoms with E-state index in [2.05, 4.69) is 16.0 Å². The van der Waals surface area contributed by atoms with Crippen molar-refractivity contribution in [2.24, 2.45) is 0 Å². The number of hydrogen-bond acceptors (Lipinski definition) is 2. The van der Waals surface area contributed by atoms with E-state index in [9.17, 15) is 0 Å². The summed E-state index contributed by atoms with van der Waals surface area (Å²) in [5, 5.41) is 13.3. The van der Waals surface area contributed by atoms with Crippen molar-refractivity contribution in [1.29, 1.82) is 0 Å². The van der Waals surface area contributed by atoms with Gasteiger partial charge in [0, 0.05) is 26.4 Å². The predicted molar refractivity (Wildman–Crippen MR) is 207 cm³/mol. The molecule has 0 saturated carbocycles. The van der Waals surface area contributed by atoms with Crippen LogP contribution in [0.1, 0.15) is 25.7 Å². The van der Waals surface area contributed by atoms with Crippen LogP contribution in [0.15, 0.2) is 182 Å². The van der Waals surface area contributed by atoms with E-state index in [1.807, 2.05) is 182 Å². The molecule has 5 nitrogen and oxygen atoms in total. The largest absolute Gasteiger partial charge is 3.00 e. The summed E-state index contributed by atoms with van der Waals surface area (Å²) >= 11 is 0. The molecule has 0 spiro atoms. The van der Waals surface area contributed by atoms with Gasteiger partial charge in [0.15, 0.2) is 0 Å². The van der Waals surface area contributed by atoms with E-state index in [0.717, 1.165) is 60.6 Å². The van der Waals surface area contributed by atoms with Gasteiger partial charge in [-0.25, -0.2) is 0 Å². The molecule has 0 N–H and O–H groups in total. The van der Waals surface area contributed by atoms with Crippen LogP contribution < -0.4 is 0 Å². The second-order valence-electron chi connectivity index (χ2n) is 11.0. The minimum absolute atomic E-state index is 0. The second-order valence-corrected chi connectivity index (χ2v) is 11.0. The van der Waals surface area contributed by atoms with Crippen LogP contribution in [0, 0.1) is 0 Å². The number of para-hydroxylation sites is 6. The minimum atomic E-state index is 0. The molecule has 2 heterocycles. The molecule has 2 aliphatic rings. The third kappa shape index (κ3) is 18.5. The Morgan fingerprint density at radius 1 is 0.260 bits per heavy atom. The van der Waals surface area contributed by atoms with Crippen molar-refractivity contribution in [2.75, 3.05) is 26.4 Å². The molecule has 2 saturated heterocycles.